The zero-order chi connectivity index (χ0) is 12.6. The zero-order valence-corrected chi connectivity index (χ0v) is 9.58. The molecule has 0 bridgehead atoms. The maximum atomic E-state index is 11.4. The van der Waals surface area contributed by atoms with Crippen molar-refractivity contribution in [3.8, 4) is 0 Å². The maximum absolute atomic E-state index is 11.4. The van der Waals surface area contributed by atoms with Gasteiger partial charge in [-0.3, -0.25) is 14.4 Å². The van der Waals surface area contributed by atoms with Crippen LogP contribution in [0.2, 0.25) is 0 Å². The van der Waals surface area contributed by atoms with E-state index in [9.17, 15) is 14.4 Å². The molecule has 0 aliphatic carbocycles. The van der Waals surface area contributed by atoms with Crippen molar-refractivity contribution in [3.05, 3.63) is 0 Å². The SMILES string of the molecule is CCNC(=O)CN(C)C(=O)CNC(=O)CN. The molecule has 7 heteroatoms. The molecular weight excluding hydrogens is 212 g/mol. The fraction of sp³-hybridized carbons (Fsp3) is 0.667. The molecule has 0 aliphatic heterocycles. The molecule has 0 atom stereocenters. The number of nitrogens with zero attached hydrogens (tertiary/aromatic N) is 1. The third-order valence-electron chi connectivity index (χ3n) is 1.80. The van der Waals surface area contributed by atoms with Gasteiger partial charge in [-0.15, -0.1) is 0 Å². The zero-order valence-electron chi connectivity index (χ0n) is 9.58. The third-order valence-corrected chi connectivity index (χ3v) is 1.80. The van der Waals surface area contributed by atoms with E-state index in [0.717, 1.165) is 0 Å². The smallest absolute Gasteiger partial charge is 0.242 e. The predicted octanol–water partition coefficient (Wildman–Crippen LogP) is -2.34. The van der Waals surface area contributed by atoms with Crippen LogP contribution in [0.3, 0.4) is 0 Å². The van der Waals surface area contributed by atoms with Gasteiger partial charge in [0.15, 0.2) is 0 Å². The first-order valence-electron chi connectivity index (χ1n) is 4.98. The summed E-state index contributed by atoms with van der Waals surface area (Å²) in [6, 6.07) is 0. The second-order valence-corrected chi connectivity index (χ2v) is 3.18. The Balaban J connectivity index is 3.90. The minimum absolute atomic E-state index is 0.0226. The van der Waals surface area contributed by atoms with Gasteiger partial charge >= 0.3 is 0 Å². The Labute approximate surface area is 94.3 Å². The summed E-state index contributed by atoms with van der Waals surface area (Å²) in [5.41, 5.74) is 5.05. The van der Waals surface area contributed by atoms with Crippen molar-refractivity contribution in [2.75, 3.05) is 33.2 Å². The maximum Gasteiger partial charge on any atom is 0.242 e. The Morgan fingerprint density at radius 3 is 2.31 bits per heavy atom. The number of nitrogens with one attached hydrogen (secondary N) is 2. The van der Waals surface area contributed by atoms with E-state index in [1.165, 1.54) is 11.9 Å². The molecule has 0 rings (SSSR count). The van der Waals surface area contributed by atoms with Crippen LogP contribution in [-0.4, -0.2) is 55.8 Å². The molecule has 0 aliphatic rings. The van der Waals surface area contributed by atoms with Crippen molar-refractivity contribution in [2.45, 2.75) is 6.92 Å². The van der Waals surface area contributed by atoms with E-state index in [1.54, 1.807) is 6.92 Å². The van der Waals surface area contributed by atoms with Crippen LogP contribution in [0.5, 0.6) is 0 Å². The minimum Gasteiger partial charge on any atom is -0.355 e. The second-order valence-electron chi connectivity index (χ2n) is 3.18. The summed E-state index contributed by atoms with van der Waals surface area (Å²) in [5.74, 6) is -0.976. The molecule has 0 heterocycles. The molecule has 0 spiro atoms. The summed E-state index contributed by atoms with van der Waals surface area (Å²) < 4.78 is 0. The quantitative estimate of drug-likeness (QED) is 0.475. The van der Waals surface area contributed by atoms with Crippen molar-refractivity contribution in [2.24, 2.45) is 5.73 Å². The van der Waals surface area contributed by atoms with Gasteiger partial charge in [-0.1, -0.05) is 0 Å². The number of nitrogens with two attached hydrogens (primary N) is 1. The molecule has 0 saturated heterocycles. The number of hydrogen-bond acceptors (Lipinski definition) is 4. The van der Waals surface area contributed by atoms with Crippen LogP contribution in [0.15, 0.2) is 0 Å². The Kier molecular flexibility index (Phi) is 6.86. The van der Waals surface area contributed by atoms with E-state index in [2.05, 4.69) is 10.6 Å². The first-order chi connectivity index (χ1) is 7.51. The lowest BCUT2D eigenvalue weighted by molar-refractivity contribution is -0.135. The van der Waals surface area contributed by atoms with Gasteiger partial charge in [0.25, 0.3) is 0 Å². The normalized spacial score (nSPS) is 9.44. The minimum atomic E-state index is -0.403. The van der Waals surface area contributed by atoms with Crippen molar-refractivity contribution in [1.82, 2.24) is 15.5 Å². The Hall–Kier alpha value is -1.63. The summed E-state index contributed by atoms with van der Waals surface area (Å²) in [7, 11) is 1.49. The van der Waals surface area contributed by atoms with Gasteiger partial charge in [-0.05, 0) is 6.92 Å². The first kappa shape index (κ1) is 14.4. The molecule has 0 aromatic rings. The molecule has 3 amide bonds. The van der Waals surface area contributed by atoms with Crippen molar-refractivity contribution in [1.29, 1.82) is 0 Å². The van der Waals surface area contributed by atoms with Crippen LogP contribution in [-0.2, 0) is 14.4 Å². The first-order valence-corrected chi connectivity index (χ1v) is 4.98. The highest BCUT2D eigenvalue weighted by atomic mass is 16.2. The number of hydrogen-bond donors (Lipinski definition) is 3. The highest BCUT2D eigenvalue weighted by Gasteiger charge is 2.12. The third kappa shape index (κ3) is 5.97. The molecule has 0 saturated carbocycles. The number of likely N-dealkylation sites (N-methyl/N-ethyl adjacent to an activating group) is 2. The highest BCUT2D eigenvalue weighted by Crippen LogP contribution is 1.83. The fourth-order valence-electron chi connectivity index (χ4n) is 0.938. The van der Waals surface area contributed by atoms with Gasteiger partial charge in [0.2, 0.25) is 17.7 Å². The van der Waals surface area contributed by atoms with Crippen molar-refractivity contribution < 1.29 is 14.4 Å². The lowest BCUT2D eigenvalue weighted by Crippen LogP contribution is -2.44. The Morgan fingerprint density at radius 1 is 1.19 bits per heavy atom. The van der Waals surface area contributed by atoms with Crippen LogP contribution in [0.4, 0.5) is 0 Å². The molecule has 0 fully saturated rings. The van der Waals surface area contributed by atoms with Crippen molar-refractivity contribution in [3.63, 3.8) is 0 Å². The lowest BCUT2D eigenvalue weighted by atomic mass is 10.4. The summed E-state index contributed by atoms with van der Waals surface area (Å²) >= 11 is 0. The van der Waals surface area contributed by atoms with E-state index in [-0.39, 0.29) is 31.4 Å². The van der Waals surface area contributed by atoms with Crippen LogP contribution >= 0.6 is 0 Å². The number of carbonyl (C=O) groups excluding carboxylic acids is 3. The average molecular weight is 230 g/mol. The average Bonchev–Trinajstić information content (AvgIpc) is 2.25. The number of carbonyl (C=O) groups is 3. The lowest BCUT2D eigenvalue weighted by Gasteiger charge is -2.16. The molecular formula is C9H18N4O3. The molecule has 92 valence electrons. The van der Waals surface area contributed by atoms with Gasteiger partial charge in [0, 0.05) is 13.6 Å². The van der Waals surface area contributed by atoms with E-state index >= 15 is 0 Å². The van der Waals surface area contributed by atoms with E-state index in [4.69, 9.17) is 5.73 Å². The number of rotatable bonds is 6. The number of amides is 3. The fourth-order valence-corrected chi connectivity index (χ4v) is 0.938. The van der Waals surface area contributed by atoms with Gasteiger partial charge in [-0.25, -0.2) is 0 Å². The molecule has 7 nitrogen and oxygen atoms in total. The van der Waals surface area contributed by atoms with E-state index in [1.807, 2.05) is 0 Å². The monoisotopic (exact) mass is 230 g/mol. The molecule has 0 unspecified atom stereocenters. The molecule has 4 N–H and O–H groups in total. The molecule has 0 aromatic heterocycles. The summed E-state index contributed by atoms with van der Waals surface area (Å²) in [4.78, 5) is 34.5. The largest absolute Gasteiger partial charge is 0.355 e. The topological polar surface area (TPSA) is 105 Å². The Bertz CT molecular complexity index is 267. The second kappa shape index (κ2) is 7.63. The van der Waals surface area contributed by atoms with Crippen LogP contribution in [0.1, 0.15) is 6.92 Å². The van der Waals surface area contributed by atoms with Gasteiger partial charge in [0.05, 0.1) is 19.6 Å². The van der Waals surface area contributed by atoms with Crippen molar-refractivity contribution >= 4 is 17.7 Å². The van der Waals surface area contributed by atoms with Gasteiger partial charge in [-0.2, -0.15) is 0 Å². The van der Waals surface area contributed by atoms with Gasteiger partial charge < -0.3 is 21.3 Å². The Morgan fingerprint density at radius 2 is 1.81 bits per heavy atom. The van der Waals surface area contributed by atoms with Crippen LogP contribution in [0.25, 0.3) is 0 Å². The molecule has 16 heavy (non-hydrogen) atoms. The predicted molar refractivity (Wildman–Crippen MR) is 58.4 cm³/mol. The highest BCUT2D eigenvalue weighted by molar-refractivity contribution is 5.88. The summed E-state index contributed by atoms with van der Waals surface area (Å²) in [6.07, 6.45) is 0. The standard InChI is InChI=1S/C9H18N4O3/c1-3-11-8(15)6-13(2)9(16)5-12-7(14)4-10/h3-6,10H2,1-2H3,(H,11,15)(H,12,14). The summed E-state index contributed by atoms with van der Waals surface area (Å²) in [5, 5.41) is 4.90. The van der Waals surface area contributed by atoms with Gasteiger partial charge in [0.1, 0.15) is 0 Å². The van der Waals surface area contributed by atoms with Crippen LogP contribution < -0.4 is 16.4 Å². The van der Waals surface area contributed by atoms with E-state index in [0.29, 0.717) is 6.54 Å². The molecule has 0 radical (unpaired) electrons. The van der Waals surface area contributed by atoms with Crippen LogP contribution in [0, 0.1) is 0 Å². The molecule has 0 aromatic carbocycles. The summed E-state index contributed by atoms with van der Waals surface area (Å²) in [6.45, 7) is 1.98. The van der Waals surface area contributed by atoms with E-state index < -0.39 is 5.91 Å².